The standard InChI is InChI=1S/C11H12BrNO4S/c12-10-4-3-8(18(13,15)16)5-9(10)11(14)17-6-7-1-2-7/h3-5,7H,1-2,6H2,(H2,13,15,16). The molecule has 0 bridgehead atoms. The molecule has 7 heteroatoms. The van der Waals surface area contributed by atoms with Crippen LogP contribution in [0.3, 0.4) is 0 Å². The van der Waals surface area contributed by atoms with E-state index in [0.717, 1.165) is 12.8 Å². The number of hydrogen-bond donors (Lipinski definition) is 1. The number of sulfonamides is 1. The maximum Gasteiger partial charge on any atom is 0.339 e. The summed E-state index contributed by atoms with van der Waals surface area (Å²) in [7, 11) is -3.82. The maximum absolute atomic E-state index is 11.8. The van der Waals surface area contributed by atoms with Crippen molar-refractivity contribution in [3.05, 3.63) is 28.2 Å². The van der Waals surface area contributed by atoms with Gasteiger partial charge in [0.1, 0.15) is 0 Å². The van der Waals surface area contributed by atoms with Crippen LogP contribution in [-0.4, -0.2) is 21.0 Å². The Bertz CT molecular complexity index is 581. The Morgan fingerprint density at radius 3 is 2.67 bits per heavy atom. The minimum absolute atomic E-state index is 0.107. The molecule has 0 aliphatic heterocycles. The zero-order chi connectivity index (χ0) is 13.3. The number of primary sulfonamides is 1. The third-order valence-electron chi connectivity index (χ3n) is 2.63. The zero-order valence-corrected chi connectivity index (χ0v) is 11.8. The smallest absolute Gasteiger partial charge is 0.339 e. The number of carbonyl (C=O) groups is 1. The van der Waals surface area contributed by atoms with E-state index in [1.165, 1.54) is 18.2 Å². The molecule has 0 atom stereocenters. The molecule has 0 aromatic heterocycles. The van der Waals surface area contributed by atoms with Crippen molar-refractivity contribution >= 4 is 31.9 Å². The average Bonchev–Trinajstić information content (AvgIpc) is 3.08. The second kappa shape index (κ2) is 4.99. The van der Waals surface area contributed by atoms with Gasteiger partial charge >= 0.3 is 5.97 Å². The number of esters is 1. The van der Waals surface area contributed by atoms with E-state index in [1.807, 2.05) is 0 Å². The summed E-state index contributed by atoms with van der Waals surface area (Å²) in [5, 5.41) is 5.01. The lowest BCUT2D eigenvalue weighted by Gasteiger charge is -2.07. The summed E-state index contributed by atoms with van der Waals surface area (Å²) in [5.74, 6) is -0.0894. The van der Waals surface area contributed by atoms with Crippen molar-refractivity contribution in [3.63, 3.8) is 0 Å². The number of nitrogens with two attached hydrogens (primary N) is 1. The van der Waals surface area contributed by atoms with Gasteiger partial charge in [-0.15, -0.1) is 0 Å². The van der Waals surface area contributed by atoms with Gasteiger partial charge in [-0.05, 0) is 52.9 Å². The first kappa shape index (κ1) is 13.5. The van der Waals surface area contributed by atoms with Gasteiger partial charge in [0.05, 0.1) is 17.1 Å². The molecule has 0 unspecified atom stereocenters. The van der Waals surface area contributed by atoms with Crippen molar-refractivity contribution in [2.24, 2.45) is 11.1 Å². The van der Waals surface area contributed by atoms with Crippen molar-refractivity contribution in [1.82, 2.24) is 0 Å². The number of hydrogen-bond acceptors (Lipinski definition) is 4. The lowest BCUT2D eigenvalue weighted by atomic mass is 10.2. The molecule has 1 fully saturated rings. The van der Waals surface area contributed by atoms with E-state index in [9.17, 15) is 13.2 Å². The highest BCUT2D eigenvalue weighted by Gasteiger charge is 2.24. The van der Waals surface area contributed by atoms with Gasteiger partial charge in [-0.3, -0.25) is 0 Å². The van der Waals surface area contributed by atoms with Crippen LogP contribution in [0, 0.1) is 5.92 Å². The van der Waals surface area contributed by atoms with E-state index < -0.39 is 16.0 Å². The van der Waals surface area contributed by atoms with Crippen LogP contribution in [0.25, 0.3) is 0 Å². The first-order valence-corrected chi connectivity index (χ1v) is 7.71. The van der Waals surface area contributed by atoms with Crippen LogP contribution < -0.4 is 5.14 Å². The fraction of sp³-hybridized carbons (Fsp3) is 0.364. The predicted molar refractivity (Wildman–Crippen MR) is 68.5 cm³/mol. The molecular formula is C11H12BrNO4S. The molecule has 2 N–H and O–H groups in total. The minimum atomic E-state index is -3.82. The van der Waals surface area contributed by atoms with Crippen molar-refractivity contribution in [3.8, 4) is 0 Å². The second-order valence-electron chi connectivity index (χ2n) is 4.23. The third kappa shape index (κ3) is 3.30. The largest absolute Gasteiger partial charge is 0.462 e. The highest BCUT2D eigenvalue weighted by atomic mass is 79.9. The van der Waals surface area contributed by atoms with Crippen molar-refractivity contribution < 1.29 is 17.9 Å². The van der Waals surface area contributed by atoms with E-state index in [1.54, 1.807) is 0 Å². The van der Waals surface area contributed by atoms with Crippen LogP contribution in [0.1, 0.15) is 23.2 Å². The summed E-state index contributed by atoms with van der Waals surface area (Å²) < 4.78 is 28.0. The van der Waals surface area contributed by atoms with E-state index in [-0.39, 0.29) is 10.5 Å². The fourth-order valence-corrected chi connectivity index (χ4v) is 2.34. The van der Waals surface area contributed by atoms with Crippen LogP contribution in [0.15, 0.2) is 27.6 Å². The minimum Gasteiger partial charge on any atom is -0.462 e. The third-order valence-corrected chi connectivity index (χ3v) is 4.24. The Kier molecular flexibility index (Phi) is 3.74. The number of rotatable bonds is 4. The SMILES string of the molecule is NS(=O)(=O)c1ccc(Br)c(C(=O)OCC2CC2)c1. The lowest BCUT2D eigenvalue weighted by Crippen LogP contribution is -2.14. The van der Waals surface area contributed by atoms with Gasteiger partial charge < -0.3 is 4.74 Å². The first-order valence-electron chi connectivity index (χ1n) is 5.37. The molecule has 1 aromatic rings. The summed E-state index contributed by atoms with van der Waals surface area (Å²) in [6.45, 7) is 0.380. The van der Waals surface area contributed by atoms with Gasteiger partial charge in [0.25, 0.3) is 0 Å². The lowest BCUT2D eigenvalue weighted by molar-refractivity contribution is 0.0484. The monoisotopic (exact) mass is 333 g/mol. The van der Waals surface area contributed by atoms with Crippen molar-refractivity contribution in [1.29, 1.82) is 0 Å². The van der Waals surface area contributed by atoms with Gasteiger partial charge in [0.15, 0.2) is 0 Å². The molecule has 1 aromatic carbocycles. The maximum atomic E-state index is 11.8. The number of ether oxygens (including phenoxy) is 1. The molecule has 0 spiro atoms. The average molecular weight is 334 g/mol. The molecule has 1 aliphatic rings. The van der Waals surface area contributed by atoms with E-state index >= 15 is 0 Å². The summed E-state index contributed by atoms with van der Waals surface area (Å²) in [6.07, 6.45) is 2.15. The molecule has 0 amide bonds. The van der Waals surface area contributed by atoms with Crippen molar-refractivity contribution in [2.45, 2.75) is 17.7 Å². The molecule has 5 nitrogen and oxygen atoms in total. The van der Waals surface area contributed by atoms with Gasteiger partial charge in [-0.1, -0.05) is 0 Å². The first-order chi connectivity index (χ1) is 8.38. The summed E-state index contributed by atoms with van der Waals surface area (Å²) in [5.41, 5.74) is 0.169. The van der Waals surface area contributed by atoms with Gasteiger partial charge in [-0.25, -0.2) is 18.4 Å². The quantitative estimate of drug-likeness (QED) is 0.849. The van der Waals surface area contributed by atoms with Crippen LogP contribution in [-0.2, 0) is 14.8 Å². The molecule has 0 saturated heterocycles. The summed E-state index contributed by atoms with van der Waals surface area (Å²) >= 11 is 3.18. The van der Waals surface area contributed by atoms with Gasteiger partial charge in [0.2, 0.25) is 10.0 Å². The number of benzene rings is 1. The van der Waals surface area contributed by atoms with E-state index in [0.29, 0.717) is 17.0 Å². The zero-order valence-electron chi connectivity index (χ0n) is 9.43. The van der Waals surface area contributed by atoms with Crippen LogP contribution in [0.2, 0.25) is 0 Å². The molecule has 18 heavy (non-hydrogen) atoms. The van der Waals surface area contributed by atoms with Crippen LogP contribution in [0.5, 0.6) is 0 Å². The Balaban J connectivity index is 2.22. The molecule has 0 radical (unpaired) electrons. The Morgan fingerprint density at radius 2 is 2.11 bits per heavy atom. The Labute approximate surface area is 113 Å². The summed E-state index contributed by atoms with van der Waals surface area (Å²) in [6, 6.07) is 4.01. The number of halogens is 1. The van der Waals surface area contributed by atoms with Crippen LogP contribution >= 0.6 is 15.9 Å². The Morgan fingerprint density at radius 1 is 1.44 bits per heavy atom. The molecule has 0 heterocycles. The van der Waals surface area contributed by atoms with E-state index in [4.69, 9.17) is 9.88 Å². The van der Waals surface area contributed by atoms with Gasteiger partial charge in [-0.2, -0.15) is 0 Å². The summed E-state index contributed by atoms with van der Waals surface area (Å²) in [4.78, 5) is 11.7. The van der Waals surface area contributed by atoms with Crippen molar-refractivity contribution in [2.75, 3.05) is 6.61 Å². The molecular weight excluding hydrogens is 322 g/mol. The van der Waals surface area contributed by atoms with Crippen LogP contribution in [0.4, 0.5) is 0 Å². The van der Waals surface area contributed by atoms with E-state index in [2.05, 4.69) is 15.9 Å². The second-order valence-corrected chi connectivity index (χ2v) is 6.64. The Hall–Kier alpha value is -0.920. The highest BCUT2D eigenvalue weighted by molar-refractivity contribution is 9.10. The molecule has 1 saturated carbocycles. The fourth-order valence-electron chi connectivity index (χ4n) is 1.39. The van der Waals surface area contributed by atoms with Gasteiger partial charge in [0, 0.05) is 4.47 Å². The number of carbonyl (C=O) groups excluding carboxylic acids is 1. The predicted octanol–water partition coefficient (Wildman–Crippen LogP) is 1.66. The normalized spacial score (nSPS) is 15.4. The topological polar surface area (TPSA) is 86.5 Å². The highest BCUT2D eigenvalue weighted by Crippen LogP contribution is 2.29. The molecule has 1 aliphatic carbocycles. The molecule has 98 valence electrons. The molecule has 2 rings (SSSR count).